The van der Waals surface area contributed by atoms with Crippen molar-refractivity contribution < 1.29 is 0 Å². The molecule has 2 aliphatic rings. The first-order chi connectivity index (χ1) is 5.81. The van der Waals surface area contributed by atoms with Crippen LogP contribution in [0.2, 0.25) is 0 Å². The van der Waals surface area contributed by atoms with Crippen LogP contribution in [0.15, 0.2) is 28.9 Å². The molecule has 1 unspecified atom stereocenters. The summed E-state index contributed by atoms with van der Waals surface area (Å²) in [6.45, 7) is 5.38. The van der Waals surface area contributed by atoms with Crippen molar-refractivity contribution in [3.8, 4) is 0 Å². The predicted molar refractivity (Wildman–Crippen MR) is 51.1 cm³/mol. The van der Waals surface area contributed by atoms with Crippen LogP contribution in [0.25, 0.3) is 0 Å². The molecule has 2 heteroatoms. The molecule has 0 aliphatic carbocycles. The number of amidine groups is 1. The van der Waals surface area contributed by atoms with Crippen LogP contribution in [0.1, 0.15) is 20.3 Å². The van der Waals surface area contributed by atoms with E-state index in [0.717, 1.165) is 13.0 Å². The first-order valence-electron chi connectivity index (χ1n) is 4.53. The fourth-order valence-electron chi connectivity index (χ4n) is 1.71. The maximum Gasteiger partial charge on any atom is 0.131 e. The van der Waals surface area contributed by atoms with Gasteiger partial charge in [0.2, 0.25) is 0 Å². The molecular weight excluding hydrogens is 148 g/mol. The molecule has 2 aliphatic heterocycles. The van der Waals surface area contributed by atoms with Crippen LogP contribution in [-0.2, 0) is 0 Å². The molecule has 2 nitrogen and oxygen atoms in total. The van der Waals surface area contributed by atoms with Crippen molar-refractivity contribution in [2.24, 2.45) is 4.99 Å². The molecule has 2 heterocycles. The number of fused-ring (bicyclic) bond motifs is 1. The standard InChI is InChI=1S/C10H14N2/c1-3-9-5-4-6-12-7-8(2)11-10(9)12/h4-6,8H,3,7H2,1-2H3. The van der Waals surface area contributed by atoms with Gasteiger partial charge in [-0.25, -0.2) is 0 Å². The first-order valence-corrected chi connectivity index (χ1v) is 4.53. The van der Waals surface area contributed by atoms with Crippen LogP contribution in [0.3, 0.4) is 0 Å². The molecule has 64 valence electrons. The molecule has 2 rings (SSSR count). The Kier molecular flexibility index (Phi) is 1.75. The van der Waals surface area contributed by atoms with E-state index in [0.29, 0.717) is 6.04 Å². The van der Waals surface area contributed by atoms with Gasteiger partial charge in [0.25, 0.3) is 0 Å². The summed E-state index contributed by atoms with van der Waals surface area (Å²) >= 11 is 0. The lowest BCUT2D eigenvalue weighted by Crippen LogP contribution is -2.26. The van der Waals surface area contributed by atoms with Gasteiger partial charge < -0.3 is 4.90 Å². The summed E-state index contributed by atoms with van der Waals surface area (Å²) in [5, 5.41) is 0. The molecule has 0 amide bonds. The number of aliphatic imine (C=N–C) groups is 1. The molecule has 0 radical (unpaired) electrons. The van der Waals surface area contributed by atoms with Gasteiger partial charge in [0.1, 0.15) is 5.84 Å². The minimum absolute atomic E-state index is 0.456. The lowest BCUT2D eigenvalue weighted by atomic mass is 10.1. The highest BCUT2D eigenvalue weighted by atomic mass is 15.2. The summed E-state index contributed by atoms with van der Waals surface area (Å²) in [4.78, 5) is 6.83. The van der Waals surface area contributed by atoms with Crippen LogP contribution < -0.4 is 0 Å². The van der Waals surface area contributed by atoms with Gasteiger partial charge in [0, 0.05) is 12.7 Å². The molecule has 0 aromatic rings. The quantitative estimate of drug-likeness (QED) is 0.575. The Balaban J connectivity index is 2.31. The zero-order valence-electron chi connectivity index (χ0n) is 7.62. The molecule has 0 aromatic heterocycles. The second-order valence-electron chi connectivity index (χ2n) is 3.34. The van der Waals surface area contributed by atoms with Gasteiger partial charge in [-0.3, -0.25) is 4.99 Å². The van der Waals surface area contributed by atoms with Gasteiger partial charge in [-0.05, 0) is 25.0 Å². The van der Waals surface area contributed by atoms with E-state index in [1.807, 2.05) is 0 Å². The normalized spacial score (nSPS) is 26.8. The summed E-state index contributed by atoms with van der Waals surface area (Å²) in [6, 6.07) is 0.456. The van der Waals surface area contributed by atoms with Crippen LogP contribution in [0, 0.1) is 0 Å². The fourth-order valence-corrected chi connectivity index (χ4v) is 1.71. The Morgan fingerprint density at radius 2 is 2.50 bits per heavy atom. The Morgan fingerprint density at radius 3 is 3.25 bits per heavy atom. The lowest BCUT2D eigenvalue weighted by Gasteiger charge is -2.20. The van der Waals surface area contributed by atoms with Gasteiger partial charge in [-0.1, -0.05) is 13.0 Å². The molecule has 0 bridgehead atoms. The summed E-state index contributed by atoms with van der Waals surface area (Å²) in [5.74, 6) is 1.19. The highest BCUT2D eigenvalue weighted by Crippen LogP contribution is 2.20. The number of hydrogen-bond donors (Lipinski definition) is 0. The molecule has 0 N–H and O–H groups in total. The first kappa shape index (κ1) is 7.59. The average Bonchev–Trinajstić information content (AvgIpc) is 2.44. The van der Waals surface area contributed by atoms with Crippen LogP contribution in [0.4, 0.5) is 0 Å². The van der Waals surface area contributed by atoms with Crippen molar-refractivity contribution in [1.29, 1.82) is 0 Å². The molecule has 0 saturated heterocycles. The number of nitrogens with zero attached hydrogens (tertiary/aromatic N) is 2. The average molecular weight is 162 g/mol. The van der Waals surface area contributed by atoms with Crippen molar-refractivity contribution in [2.45, 2.75) is 26.3 Å². The smallest absolute Gasteiger partial charge is 0.131 e. The highest BCUT2D eigenvalue weighted by Gasteiger charge is 2.23. The second-order valence-corrected chi connectivity index (χ2v) is 3.34. The predicted octanol–water partition coefficient (Wildman–Crippen LogP) is 1.95. The Labute approximate surface area is 73.3 Å². The second kappa shape index (κ2) is 2.77. The van der Waals surface area contributed by atoms with Crippen molar-refractivity contribution in [2.75, 3.05) is 6.54 Å². The molecule has 0 saturated carbocycles. The molecule has 0 fully saturated rings. The summed E-state index contributed by atoms with van der Waals surface area (Å²) in [6.07, 6.45) is 7.46. The van der Waals surface area contributed by atoms with Crippen molar-refractivity contribution in [3.05, 3.63) is 23.9 Å². The number of allylic oxidation sites excluding steroid dienone is 2. The molecule has 12 heavy (non-hydrogen) atoms. The van der Waals surface area contributed by atoms with E-state index in [9.17, 15) is 0 Å². The zero-order chi connectivity index (χ0) is 8.55. The Hall–Kier alpha value is -1.05. The Bertz CT molecular complexity index is 274. The SMILES string of the molecule is CCC1=CC=CN2CC(C)N=C12. The van der Waals surface area contributed by atoms with E-state index in [2.05, 4.69) is 42.1 Å². The van der Waals surface area contributed by atoms with Gasteiger partial charge in [0.05, 0.1) is 6.04 Å². The zero-order valence-corrected chi connectivity index (χ0v) is 7.62. The third kappa shape index (κ3) is 1.07. The van der Waals surface area contributed by atoms with Crippen LogP contribution in [-0.4, -0.2) is 23.3 Å². The van der Waals surface area contributed by atoms with E-state index in [1.54, 1.807) is 0 Å². The summed E-state index contributed by atoms with van der Waals surface area (Å²) in [7, 11) is 0. The maximum absolute atomic E-state index is 4.59. The van der Waals surface area contributed by atoms with Gasteiger partial charge >= 0.3 is 0 Å². The van der Waals surface area contributed by atoms with Crippen LogP contribution >= 0.6 is 0 Å². The third-order valence-corrected chi connectivity index (χ3v) is 2.31. The van der Waals surface area contributed by atoms with Crippen molar-refractivity contribution in [1.82, 2.24) is 4.90 Å². The highest BCUT2D eigenvalue weighted by molar-refractivity contribution is 6.01. The van der Waals surface area contributed by atoms with E-state index < -0.39 is 0 Å². The molecule has 0 aromatic carbocycles. The summed E-state index contributed by atoms with van der Waals surface area (Å²) in [5.41, 5.74) is 1.36. The number of hydrogen-bond acceptors (Lipinski definition) is 2. The third-order valence-electron chi connectivity index (χ3n) is 2.31. The molecular formula is C10H14N2. The minimum Gasteiger partial charge on any atom is -0.331 e. The molecule has 0 spiro atoms. The fraction of sp³-hybridized carbons (Fsp3) is 0.500. The van der Waals surface area contributed by atoms with Crippen LogP contribution in [0.5, 0.6) is 0 Å². The topological polar surface area (TPSA) is 15.6 Å². The molecule has 1 atom stereocenters. The van der Waals surface area contributed by atoms with Gasteiger partial charge in [-0.2, -0.15) is 0 Å². The lowest BCUT2D eigenvalue weighted by molar-refractivity contribution is 0.554. The Morgan fingerprint density at radius 1 is 1.67 bits per heavy atom. The van der Waals surface area contributed by atoms with E-state index >= 15 is 0 Å². The minimum atomic E-state index is 0.456. The largest absolute Gasteiger partial charge is 0.331 e. The maximum atomic E-state index is 4.59. The van der Waals surface area contributed by atoms with E-state index in [-0.39, 0.29) is 0 Å². The van der Waals surface area contributed by atoms with E-state index in [4.69, 9.17) is 0 Å². The van der Waals surface area contributed by atoms with Gasteiger partial charge in [0.15, 0.2) is 0 Å². The number of rotatable bonds is 1. The van der Waals surface area contributed by atoms with Gasteiger partial charge in [-0.15, -0.1) is 0 Å². The van der Waals surface area contributed by atoms with Crippen molar-refractivity contribution >= 4 is 5.84 Å². The van der Waals surface area contributed by atoms with E-state index in [1.165, 1.54) is 11.4 Å². The summed E-state index contributed by atoms with van der Waals surface area (Å²) < 4.78 is 0. The monoisotopic (exact) mass is 162 g/mol. The van der Waals surface area contributed by atoms with Crippen molar-refractivity contribution in [3.63, 3.8) is 0 Å².